The van der Waals surface area contributed by atoms with Gasteiger partial charge in [-0.15, -0.1) is 0 Å². The van der Waals surface area contributed by atoms with Crippen LogP contribution in [-0.2, 0) is 7.05 Å². The predicted octanol–water partition coefficient (Wildman–Crippen LogP) is 3.54. The third-order valence-corrected chi connectivity index (χ3v) is 4.20. The number of halogens is 3. The van der Waals surface area contributed by atoms with Crippen LogP contribution < -0.4 is 5.73 Å². The highest BCUT2D eigenvalue weighted by Gasteiger charge is 2.21. The monoisotopic (exact) mass is 343 g/mol. The summed E-state index contributed by atoms with van der Waals surface area (Å²) in [6.45, 7) is 1.67. The van der Waals surface area contributed by atoms with E-state index in [4.69, 9.17) is 5.73 Å². The van der Waals surface area contributed by atoms with Gasteiger partial charge in [0.25, 0.3) is 5.91 Å². The Labute approximate surface area is 140 Å². The zero-order valence-corrected chi connectivity index (χ0v) is 13.3. The lowest BCUT2D eigenvalue weighted by atomic mass is 9.98. The molecule has 1 aromatic heterocycles. The molecule has 4 nitrogen and oxygen atoms in total. The van der Waals surface area contributed by atoms with Crippen LogP contribution in [0.3, 0.4) is 0 Å². The van der Waals surface area contributed by atoms with Gasteiger partial charge in [0.15, 0.2) is 17.5 Å². The van der Waals surface area contributed by atoms with Crippen LogP contribution in [0.2, 0.25) is 0 Å². The summed E-state index contributed by atoms with van der Waals surface area (Å²) in [6.07, 6.45) is 0. The number of nitrogens with two attached hydrogens (primary N) is 1. The lowest BCUT2D eigenvalue weighted by Gasteiger charge is -2.09. The van der Waals surface area contributed by atoms with E-state index in [1.54, 1.807) is 20.0 Å². The standard InChI is InChI=1S/C18H12F3N3O/c1-8-11-3-9(7-22)4-12(17(11)24(2)16(8)18(23)25)10-5-13(19)15(21)14(20)6-10/h3-6H,1-2H3,(H2,23,25). The van der Waals surface area contributed by atoms with Crippen molar-refractivity contribution < 1.29 is 18.0 Å². The van der Waals surface area contributed by atoms with Gasteiger partial charge in [0, 0.05) is 18.0 Å². The second-order valence-electron chi connectivity index (χ2n) is 5.68. The molecule has 1 amide bonds. The molecule has 0 bridgehead atoms. The molecule has 0 radical (unpaired) electrons. The lowest BCUT2D eigenvalue weighted by Crippen LogP contribution is -2.16. The Kier molecular flexibility index (Phi) is 3.76. The van der Waals surface area contributed by atoms with Gasteiger partial charge in [-0.3, -0.25) is 4.79 Å². The summed E-state index contributed by atoms with van der Waals surface area (Å²) in [6, 6.07) is 6.66. The number of hydrogen-bond acceptors (Lipinski definition) is 2. The fourth-order valence-corrected chi connectivity index (χ4v) is 3.12. The molecule has 2 N–H and O–H groups in total. The summed E-state index contributed by atoms with van der Waals surface area (Å²) in [5, 5.41) is 9.79. The average molecular weight is 343 g/mol. The average Bonchev–Trinajstić information content (AvgIpc) is 2.82. The molecule has 0 aliphatic carbocycles. The van der Waals surface area contributed by atoms with Gasteiger partial charge >= 0.3 is 0 Å². The third kappa shape index (κ3) is 2.43. The van der Waals surface area contributed by atoms with E-state index in [0.29, 0.717) is 22.0 Å². The number of primary amides is 1. The first-order valence-electron chi connectivity index (χ1n) is 7.24. The van der Waals surface area contributed by atoms with Gasteiger partial charge in [-0.25, -0.2) is 13.2 Å². The Balaban J connectivity index is 2.49. The number of nitrogens with zero attached hydrogens (tertiary/aromatic N) is 2. The summed E-state index contributed by atoms with van der Waals surface area (Å²) in [5.41, 5.74) is 7.23. The number of benzene rings is 2. The van der Waals surface area contributed by atoms with Gasteiger partial charge in [0.2, 0.25) is 0 Å². The zero-order valence-electron chi connectivity index (χ0n) is 13.3. The molecule has 0 aliphatic heterocycles. The molecule has 3 rings (SSSR count). The largest absolute Gasteiger partial charge is 0.364 e. The molecule has 25 heavy (non-hydrogen) atoms. The number of amides is 1. The van der Waals surface area contributed by atoms with Gasteiger partial charge < -0.3 is 10.3 Å². The summed E-state index contributed by atoms with van der Waals surface area (Å²) in [5.74, 6) is -4.92. The molecule has 0 spiro atoms. The van der Waals surface area contributed by atoms with Crippen LogP contribution in [0.1, 0.15) is 21.6 Å². The van der Waals surface area contributed by atoms with Crippen molar-refractivity contribution in [2.75, 3.05) is 0 Å². The van der Waals surface area contributed by atoms with Crippen molar-refractivity contribution >= 4 is 16.8 Å². The first kappa shape index (κ1) is 16.6. The van der Waals surface area contributed by atoms with E-state index in [9.17, 15) is 23.2 Å². The Morgan fingerprint density at radius 3 is 2.28 bits per heavy atom. The minimum Gasteiger partial charge on any atom is -0.364 e. The summed E-state index contributed by atoms with van der Waals surface area (Å²) >= 11 is 0. The molecular weight excluding hydrogens is 331 g/mol. The number of nitriles is 1. The Morgan fingerprint density at radius 1 is 1.16 bits per heavy atom. The maximum absolute atomic E-state index is 13.7. The Morgan fingerprint density at radius 2 is 1.76 bits per heavy atom. The van der Waals surface area contributed by atoms with Crippen LogP contribution in [0, 0.1) is 35.7 Å². The van der Waals surface area contributed by atoms with Crippen molar-refractivity contribution in [2.45, 2.75) is 6.92 Å². The third-order valence-electron chi connectivity index (χ3n) is 4.20. The number of fused-ring (bicyclic) bond motifs is 1. The second kappa shape index (κ2) is 5.67. The molecule has 2 aromatic carbocycles. The van der Waals surface area contributed by atoms with Crippen molar-refractivity contribution in [1.82, 2.24) is 4.57 Å². The van der Waals surface area contributed by atoms with Crippen molar-refractivity contribution in [2.24, 2.45) is 12.8 Å². The molecular formula is C18H12F3N3O. The Bertz CT molecular complexity index is 1070. The fourth-order valence-electron chi connectivity index (χ4n) is 3.12. The van der Waals surface area contributed by atoms with Crippen molar-refractivity contribution in [3.8, 4) is 17.2 Å². The highest BCUT2D eigenvalue weighted by Crippen LogP contribution is 2.35. The van der Waals surface area contributed by atoms with Crippen molar-refractivity contribution in [3.63, 3.8) is 0 Å². The molecule has 0 aliphatic rings. The summed E-state index contributed by atoms with van der Waals surface area (Å²) < 4.78 is 42.1. The molecule has 126 valence electrons. The van der Waals surface area contributed by atoms with E-state index in [-0.39, 0.29) is 16.8 Å². The minimum atomic E-state index is -1.57. The Hall–Kier alpha value is -3.27. The number of hydrogen-bond donors (Lipinski definition) is 1. The number of aryl methyl sites for hydroxylation is 2. The van der Waals surface area contributed by atoms with E-state index in [0.717, 1.165) is 12.1 Å². The quantitative estimate of drug-likeness (QED) is 0.723. The number of carbonyl (C=O) groups is 1. The van der Waals surface area contributed by atoms with Crippen LogP contribution >= 0.6 is 0 Å². The molecule has 0 unspecified atom stereocenters. The van der Waals surface area contributed by atoms with Gasteiger partial charge in [0.1, 0.15) is 5.69 Å². The number of carbonyl (C=O) groups excluding carboxylic acids is 1. The SMILES string of the molecule is Cc1c(C(N)=O)n(C)c2c(-c3cc(F)c(F)c(F)c3)cc(C#N)cc12. The smallest absolute Gasteiger partial charge is 0.265 e. The maximum Gasteiger partial charge on any atom is 0.265 e. The number of rotatable bonds is 2. The minimum absolute atomic E-state index is 0.0510. The van der Waals surface area contributed by atoms with Gasteiger partial charge in [-0.2, -0.15) is 5.26 Å². The predicted molar refractivity (Wildman–Crippen MR) is 86.2 cm³/mol. The van der Waals surface area contributed by atoms with Gasteiger partial charge in [-0.05, 0) is 42.3 Å². The normalized spacial score (nSPS) is 10.9. The van der Waals surface area contributed by atoms with Crippen LogP contribution in [0.4, 0.5) is 13.2 Å². The number of aromatic nitrogens is 1. The molecule has 0 saturated heterocycles. The van der Waals surface area contributed by atoms with Gasteiger partial charge in [0.05, 0.1) is 17.1 Å². The molecule has 3 aromatic rings. The summed E-state index contributed by atoms with van der Waals surface area (Å²) in [7, 11) is 1.58. The second-order valence-corrected chi connectivity index (χ2v) is 5.68. The van der Waals surface area contributed by atoms with Crippen LogP contribution in [-0.4, -0.2) is 10.5 Å². The maximum atomic E-state index is 13.7. The first-order chi connectivity index (χ1) is 11.8. The highest BCUT2D eigenvalue weighted by atomic mass is 19.2. The zero-order chi connectivity index (χ0) is 18.5. The van der Waals surface area contributed by atoms with E-state index >= 15 is 0 Å². The van der Waals surface area contributed by atoms with Crippen LogP contribution in [0.15, 0.2) is 24.3 Å². The van der Waals surface area contributed by atoms with Crippen LogP contribution in [0.5, 0.6) is 0 Å². The lowest BCUT2D eigenvalue weighted by molar-refractivity contribution is 0.0992. The topological polar surface area (TPSA) is 71.8 Å². The first-order valence-corrected chi connectivity index (χ1v) is 7.24. The van der Waals surface area contributed by atoms with Crippen molar-refractivity contribution in [3.05, 3.63) is 58.5 Å². The highest BCUT2D eigenvalue weighted by molar-refractivity contribution is 6.05. The molecule has 1 heterocycles. The van der Waals surface area contributed by atoms with Gasteiger partial charge in [-0.1, -0.05) is 0 Å². The molecule has 7 heteroatoms. The van der Waals surface area contributed by atoms with Crippen LogP contribution in [0.25, 0.3) is 22.0 Å². The van der Waals surface area contributed by atoms with Crippen molar-refractivity contribution in [1.29, 1.82) is 5.26 Å². The van der Waals surface area contributed by atoms with E-state index in [1.165, 1.54) is 10.6 Å². The summed E-state index contributed by atoms with van der Waals surface area (Å²) in [4.78, 5) is 11.7. The van der Waals surface area contributed by atoms with E-state index < -0.39 is 23.4 Å². The van der Waals surface area contributed by atoms with E-state index in [1.807, 2.05) is 6.07 Å². The molecule has 0 atom stereocenters. The molecule has 0 fully saturated rings. The van der Waals surface area contributed by atoms with E-state index in [2.05, 4.69) is 0 Å². The molecule has 0 saturated carbocycles. The fraction of sp³-hybridized carbons (Fsp3) is 0.111.